The van der Waals surface area contributed by atoms with Gasteiger partial charge in [0.05, 0.1) is 0 Å². The second-order valence-corrected chi connectivity index (χ2v) is 3.36. The van der Waals surface area contributed by atoms with Crippen molar-refractivity contribution in [1.82, 2.24) is 4.90 Å². The molecule has 0 bridgehead atoms. The lowest BCUT2D eigenvalue weighted by molar-refractivity contribution is -0.126. The van der Waals surface area contributed by atoms with Crippen molar-refractivity contribution >= 4 is 18.2 Å². The van der Waals surface area contributed by atoms with E-state index in [1.807, 2.05) is 6.92 Å². The smallest absolute Gasteiger partial charge is 0.138 e. The summed E-state index contributed by atoms with van der Waals surface area (Å²) in [5.74, 6) is 0.673. The Labute approximate surface area is 74.4 Å². The summed E-state index contributed by atoms with van der Waals surface area (Å²) in [7, 11) is 2.08. The number of carbonyl (C=O) groups excluding carboxylic acids is 1. The van der Waals surface area contributed by atoms with Gasteiger partial charge >= 0.3 is 0 Å². The van der Waals surface area contributed by atoms with Gasteiger partial charge in [-0.3, -0.25) is 4.79 Å². The first-order valence-electron chi connectivity index (χ1n) is 3.84. The van der Waals surface area contributed by atoms with E-state index in [0.29, 0.717) is 11.8 Å². The summed E-state index contributed by atoms with van der Waals surface area (Å²) in [6, 6.07) is 0.448. The Balaban J connectivity index is 0.000001000. The summed E-state index contributed by atoms with van der Waals surface area (Å²) in [6.45, 7) is 5.04. The first-order chi connectivity index (χ1) is 4.61. The summed E-state index contributed by atoms with van der Waals surface area (Å²) in [5, 5.41) is 0. The fourth-order valence-corrected chi connectivity index (χ4v) is 1.36. The summed E-state index contributed by atoms with van der Waals surface area (Å²) in [4.78, 5) is 13.4. The van der Waals surface area contributed by atoms with Crippen molar-refractivity contribution in [2.24, 2.45) is 5.92 Å². The van der Waals surface area contributed by atoms with Gasteiger partial charge in [-0.1, -0.05) is 6.92 Å². The summed E-state index contributed by atoms with van der Waals surface area (Å²) in [5.41, 5.74) is 0. The Morgan fingerprint density at radius 2 is 2.00 bits per heavy atom. The van der Waals surface area contributed by atoms with Crippen molar-refractivity contribution in [3.63, 3.8) is 0 Å². The molecule has 2 unspecified atom stereocenters. The molecule has 0 amide bonds. The molecule has 1 saturated heterocycles. The molecule has 0 aliphatic carbocycles. The van der Waals surface area contributed by atoms with Crippen LogP contribution in [-0.2, 0) is 4.79 Å². The zero-order valence-electron chi connectivity index (χ0n) is 7.33. The largest absolute Gasteiger partial charge is 0.303 e. The molecule has 2 atom stereocenters. The van der Waals surface area contributed by atoms with Crippen LogP contribution in [-0.4, -0.2) is 30.3 Å². The Morgan fingerprint density at radius 1 is 1.45 bits per heavy atom. The topological polar surface area (TPSA) is 20.3 Å². The number of hydrogen-bond acceptors (Lipinski definition) is 2. The standard InChI is InChI=1S/C8H15NO.ClH/c1-6-5-9(3)7(2)4-8(6)10;/h6-7H,4-5H2,1-3H3;1H. The van der Waals surface area contributed by atoms with E-state index >= 15 is 0 Å². The summed E-state index contributed by atoms with van der Waals surface area (Å²) >= 11 is 0. The summed E-state index contributed by atoms with van der Waals surface area (Å²) in [6.07, 6.45) is 0.734. The highest BCUT2D eigenvalue weighted by Crippen LogP contribution is 2.15. The fraction of sp³-hybridized carbons (Fsp3) is 0.875. The van der Waals surface area contributed by atoms with E-state index in [4.69, 9.17) is 0 Å². The molecule has 11 heavy (non-hydrogen) atoms. The zero-order valence-corrected chi connectivity index (χ0v) is 8.15. The molecule has 0 N–H and O–H groups in total. The molecular formula is C8H16ClNO. The molecule has 0 aromatic carbocycles. The molecular weight excluding hydrogens is 162 g/mol. The van der Waals surface area contributed by atoms with Crippen molar-refractivity contribution in [2.75, 3.05) is 13.6 Å². The predicted molar refractivity (Wildman–Crippen MR) is 48.1 cm³/mol. The van der Waals surface area contributed by atoms with E-state index in [-0.39, 0.29) is 18.3 Å². The highest BCUT2D eigenvalue weighted by molar-refractivity contribution is 5.85. The number of likely N-dealkylation sites (tertiary alicyclic amines) is 1. The van der Waals surface area contributed by atoms with Gasteiger partial charge in [-0.05, 0) is 14.0 Å². The van der Waals surface area contributed by atoms with Gasteiger partial charge in [-0.2, -0.15) is 0 Å². The van der Waals surface area contributed by atoms with Crippen LogP contribution in [0.1, 0.15) is 20.3 Å². The van der Waals surface area contributed by atoms with Gasteiger partial charge in [0.1, 0.15) is 5.78 Å². The van der Waals surface area contributed by atoms with E-state index < -0.39 is 0 Å². The number of hydrogen-bond donors (Lipinski definition) is 0. The third-order valence-electron chi connectivity index (χ3n) is 2.36. The monoisotopic (exact) mass is 177 g/mol. The third-order valence-corrected chi connectivity index (χ3v) is 2.36. The van der Waals surface area contributed by atoms with E-state index in [9.17, 15) is 4.79 Å². The first kappa shape index (κ1) is 10.9. The Kier molecular flexibility index (Phi) is 4.04. The van der Waals surface area contributed by atoms with Gasteiger partial charge in [0.2, 0.25) is 0 Å². The molecule has 1 fully saturated rings. The molecule has 0 radical (unpaired) electrons. The minimum atomic E-state index is 0. The van der Waals surface area contributed by atoms with Crippen LogP contribution in [0, 0.1) is 5.92 Å². The predicted octanol–water partition coefficient (Wildman–Crippen LogP) is 1.34. The van der Waals surface area contributed by atoms with Gasteiger partial charge in [0.15, 0.2) is 0 Å². The molecule has 0 saturated carbocycles. The number of carbonyl (C=O) groups is 1. The van der Waals surface area contributed by atoms with Crippen LogP contribution in [0.3, 0.4) is 0 Å². The van der Waals surface area contributed by atoms with Crippen molar-refractivity contribution < 1.29 is 4.79 Å². The number of nitrogens with zero attached hydrogens (tertiary/aromatic N) is 1. The number of piperidine rings is 1. The second-order valence-electron chi connectivity index (χ2n) is 3.36. The molecule has 1 rings (SSSR count). The SMILES string of the molecule is CC1CN(C)C(C)CC1=O.Cl. The lowest BCUT2D eigenvalue weighted by Crippen LogP contribution is -2.42. The quantitative estimate of drug-likeness (QED) is 0.557. The highest BCUT2D eigenvalue weighted by Gasteiger charge is 2.25. The van der Waals surface area contributed by atoms with Crippen LogP contribution >= 0.6 is 12.4 Å². The molecule has 0 aromatic heterocycles. The van der Waals surface area contributed by atoms with Crippen molar-refractivity contribution in [3.8, 4) is 0 Å². The van der Waals surface area contributed by atoms with Gasteiger partial charge in [-0.25, -0.2) is 0 Å². The van der Waals surface area contributed by atoms with Crippen molar-refractivity contribution in [2.45, 2.75) is 26.3 Å². The first-order valence-corrected chi connectivity index (χ1v) is 3.84. The van der Waals surface area contributed by atoms with Gasteiger partial charge in [-0.15, -0.1) is 12.4 Å². The van der Waals surface area contributed by atoms with Gasteiger partial charge < -0.3 is 4.90 Å². The van der Waals surface area contributed by atoms with E-state index in [1.165, 1.54) is 0 Å². The molecule has 2 nitrogen and oxygen atoms in total. The average molecular weight is 178 g/mol. The van der Waals surface area contributed by atoms with Crippen molar-refractivity contribution in [3.05, 3.63) is 0 Å². The molecule has 3 heteroatoms. The minimum absolute atomic E-state index is 0. The van der Waals surface area contributed by atoms with Crippen LogP contribution in [0.4, 0.5) is 0 Å². The van der Waals surface area contributed by atoms with E-state index in [2.05, 4.69) is 18.9 Å². The lowest BCUT2D eigenvalue weighted by atomic mass is 9.94. The average Bonchev–Trinajstić information content (AvgIpc) is 1.84. The van der Waals surface area contributed by atoms with Crippen LogP contribution in [0.25, 0.3) is 0 Å². The van der Waals surface area contributed by atoms with Crippen LogP contribution in [0.15, 0.2) is 0 Å². The van der Waals surface area contributed by atoms with Crippen LogP contribution < -0.4 is 0 Å². The second kappa shape index (κ2) is 4.07. The third kappa shape index (κ3) is 2.46. The normalized spacial score (nSPS) is 33.2. The van der Waals surface area contributed by atoms with Gasteiger partial charge in [0.25, 0.3) is 0 Å². The Morgan fingerprint density at radius 3 is 2.45 bits per heavy atom. The van der Waals surface area contributed by atoms with E-state index in [0.717, 1.165) is 13.0 Å². The number of halogens is 1. The van der Waals surface area contributed by atoms with Crippen LogP contribution in [0.2, 0.25) is 0 Å². The lowest BCUT2D eigenvalue weighted by Gasteiger charge is -2.32. The molecule has 1 aliphatic rings. The minimum Gasteiger partial charge on any atom is -0.303 e. The molecule has 1 aliphatic heterocycles. The Bertz CT molecular complexity index is 149. The molecule has 1 heterocycles. The maximum atomic E-state index is 11.1. The number of ketones is 1. The maximum absolute atomic E-state index is 11.1. The van der Waals surface area contributed by atoms with Crippen LogP contribution in [0.5, 0.6) is 0 Å². The number of Topliss-reactive ketones (excluding diaryl/α,β-unsaturated/α-hetero) is 1. The fourth-order valence-electron chi connectivity index (χ4n) is 1.36. The van der Waals surface area contributed by atoms with E-state index in [1.54, 1.807) is 0 Å². The Hall–Kier alpha value is -0.0800. The molecule has 0 spiro atoms. The van der Waals surface area contributed by atoms with Crippen molar-refractivity contribution in [1.29, 1.82) is 0 Å². The summed E-state index contributed by atoms with van der Waals surface area (Å²) < 4.78 is 0. The zero-order chi connectivity index (χ0) is 7.72. The highest BCUT2D eigenvalue weighted by atomic mass is 35.5. The maximum Gasteiger partial charge on any atom is 0.138 e. The number of rotatable bonds is 0. The molecule has 0 aromatic rings. The molecule has 66 valence electrons. The van der Waals surface area contributed by atoms with Gasteiger partial charge in [0, 0.05) is 24.9 Å².